The smallest absolute Gasteiger partial charge is 0.273 e. The molecule has 1 aliphatic carbocycles. The molecule has 0 unspecified atom stereocenters. The second kappa shape index (κ2) is 5.35. The molecule has 0 aromatic carbocycles. The molecule has 1 fully saturated rings. The molecule has 0 radical (unpaired) electrons. The Labute approximate surface area is 123 Å². The van der Waals surface area contributed by atoms with Crippen molar-refractivity contribution in [2.45, 2.75) is 39.2 Å². The topological polar surface area (TPSA) is 73.0 Å². The van der Waals surface area contributed by atoms with Crippen molar-refractivity contribution in [2.75, 3.05) is 6.54 Å². The molecule has 0 atom stereocenters. The summed E-state index contributed by atoms with van der Waals surface area (Å²) in [5.41, 5.74) is 0.545. The van der Waals surface area contributed by atoms with Gasteiger partial charge in [-0.25, -0.2) is 4.98 Å². The minimum absolute atomic E-state index is 0.142. The fourth-order valence-corrected chi connectivity index (χ4v) is 2.49. The Hall–Kier alpha value is -2.11. The van der Waals surface area contributed by atoms with Crippen LogP contribution in [0.2, 0.25) is 0 Å². The van der Waals surface area contributed by atoms with Crippen LogP contribution in [-0.2, 0) is 6.54 Å². The van der Waals surface area contributed by atoms with E-state index in [4.69, 9.17) is 4.42 Å². The molecule has 0 spiro atoms. The number of carbonyl (C=O) groups is 1. The van der Waals surface area contributed by atoms with Gasteiger partial charge in [-0.15, -0.1) is 0 Å². The van der Waals surface area contributed by atoms with Gasteiger partial charge >= 0.3 is 0 Å². The van der Waals surface area contributed by atoms with Crippen LogP contribution in [0.5, 0.6) is 0 Å². The zero-order valence-corrected chi connectivity index (χ0v) is 12.4. The molecule has 112 valence electrons. The summed E-state index contributed by atoms with van der Waals surface area (Å²) >= 11 is 0. The van der Waals surface area contributed by atoms with Gasteiger partial charge in [0.1, 0.15) is 5.76 Å². The number of nitrogens with one attached hydrogen (secondary N) is 1. The largest absolute Gasteiger partial charge is 0.447 e. The molecule has 1 N–H and O–H groups in total. The van der Waals surface area contributed by atoms with E-state index in [2.05, 4.69) is 15.4 Å². The SMILES string of the molecule is CC(C)c1ocnc1C(=O)NCC1(Cn2cccn2)CC1. The quantitative estimate of drug-likeness (QED) is 0.884. The van der Waals surface area contributed by atoms with Gasteiger partial charge in [-0.05, 0) is 18.9 Å². The van der Waals surface area contributed by atoms with Gasteiger partial charge in [-0.1, -0.05) is 13.8 Å². The van der Waals surface area contributed by atoms with E-state index >= 15 is 0 Å². The van der Waals surface area contributed by atoms with Gasteiger partial charge < -0.3 is 9.73 Å². The Bertz CT molecular complexity index is 611. The summed E-state index contributed by atoms with van der Waals surface area (Å²) in [7, 11) is 0. The first-order chi connectivity index (χ1) is 10.1. The van der Waals surface area contributed by atoms with Gasteiger partial charge in [0.25, 0.3) is 5.91 Å². The normalized spacial score (nSPS) is 16.1. The number of hydrogen-bond acceptors (Lipinski definition) is 4. The summed E-state index contributed by atoms with van der Waals surface area (Å²) in [6.07, 6.45) is 7.29. The average molecular weight is 288 g/mol. The van der Waals surface area contributed by atoms with E-state index < -0.39 is 0 Å². The Morgan fingerprint density at radius 2 is 2.33 bits per heavy atom. The monoisotopic (exact) mass is 288 g/mol. The van der Waals surface area contributed by atoms with Crippen LogP contribution in [0, 0.1) is 5.41 Å². The number of carbonyl (C=O) groups excluding carboxylic acids is 1. The van der Waals surface area contributed by atoms with Crippen LogP contribution in [0.25, 0.3) is 0 Å². The van der Waals surface area contributed by atoms with Crippen molar-refractivity contribution < 1.29 is 9.21 Å². The average Bonchev–Trinajstić information content (AvgIpc) is 2.89. The standard InChI is InChI=1S/C15H20N4O2/c1-11(2)13-12(17-10-21-13)14(20)16-8-15(4-5-15)9-19-7-3-6-18-19/h3,6-7,10-11H,4-5,8-9H2,1-2H3,(H,16,20). The summed E-state index contributed by atoms with van der Waals surface area (Å²) in [5.74, 6) is 0.635. The number of nitrogens with zero attached hydrogens (tertiary/aromatic N) is 3. The minimum Gasteiger partial charge on any atom is -0.447 e. The van der Waals surface area contributed by atoms with E-state index in [9.17, 15) is 4.79 Å². The van der Waals surface area contributed by atoms with E-state index in [0.717, 1.165) is 19.4 Å². The third-order valence-corrected chi connectivity index (χ3v) is 3.97. The lowest BCUT2D eigenvalue weighted by Crippen LogP contribution is -2.33. The summed E-state index contributed by atoms with van der Waals surface area (Å²) in [6.45, 7) is 5.46. The Kier molecular flexibility index (Phi) is 3.53. The van der Waals surface area contributed by atoms with Crippen molar-refractivity contribution in [1.82, 2.24) is 20.1 Å². The number of rotatable bonds is 6. The molecule has 0 aliphatic heterocycles. The third-order valence-electron chi connectivity index (χ3n) is 3.97. The highest BCUT2D eigenvalue weighted by atomic mass is 16.3. The van der Waals surface area contributed by atoms with Gasteiger partial charge in [-0.2, -0.15) is 5.10 Å². The van der Waals surface area contributed by atoms with E-state index in [-0.39, 0.29) is 17.2 Å². The highest BCUT2D eigenvalue weighted by molar-refractivity contribution is 5.93. The van der Waals surface area contributed by atoms with Gasteiger partial charge in [0.2, 0.25) is 0 Å². The Balaban J connectivity index is 1.60. The number of oxazole rings is 1. The molecule has 2 aromatic heterocycles. The molecule has 1 amide bonds. The lowest BCUT2D eigenvalue weighted by Gasteiger charge is -2.16. The predicted octanol–water partition coefficient (Wildman–Crippen LogP) is 2.20. The summed E-state index contributed by atoms with van der Waals surface area (Å²) in [4.78, 5) is 16.3. The van der Waals surface area contributed by atoms with Crippen LogP contribution in [0.15, 0.2) is 29.3 Å². The van der Waals surface area contributed by atoms with E-state index in [1.54, 1.807) is 6.20 Å². The molecule has 1 saturated carbocycles. The molecule has 0 saturated heterocycles. The Morgan fingerprint density at radius 3 is 2.95 bits per heavy atom. The molecule has 6 nitrogen and oxygen atoms in total. The highest BCUT2D eigenvalue weighted by Crippen LogP contribution is 2.46. The van der Waals surface area contributed by atoms with E-state index in [0.29, 0.717) is 18.0 Å². The van der Waals surface area contributed by atoms with Gasteiger partial charge in [0.05, 0.1) is 0 Å². The van der Waals surface area contributed by atoms with Crippen LogP contribution in [0.1, 0.15) is 48.9 Å². The molecular formula is C15H20N4O2. The molecule has 21 heavy (non-hydrogen) atoms. The third kappa shape index (κ3) is 2.99. The van der Waals surface area contributed by atoms with Crippen LogP contribution in [0.4, 0.5) is 0 Å². The molecule has 6 heteroatoms. The fraction of sp³-hybridized carbons (Fsp3) is 0.533. The van der Waals surface area contributed by atoms with Crippen molar-refractivity contribution in [3.63, 3.8) is 0 Å². The summed E-state index contributed by atoms with van der Waals surface area (Å²) in [6, 6.07) is 1.92. The van der Waals surface area contributed by atoms with Crippen LogP contribution in [-0.4, -0.2) is 27.2 Å². The van der Waals surface area contributed by atoms with Crippen molar-refractivity contribution in [3.05, 3.63) is 36.3 Å². The van der Waals surface area contributed by atoms with Crippen molar-refractivity contribution in [1.29, 1.82) is 0 Å². The van der Waals surface area contributed by atoms with E-state index in [1.165, 1.54) is 6.39 Å². The maximum Gasteiger partial charge on any atom is 0.273 e. The lowest BCUT2D eigenvalue weighted by molar-refractivity contribution is 0.0935. The Morgan fingerprint density at radius 1 is 1.52 bits per heavy atom. The number of hydrogen-bond donors (Lipinski definition) is 1. The maximum atomic E-state index is 12.3. The molecule has 2 aromatic rings. The fourth-order valence-electron chi connectivity index (χ4n) is 2.49. The maximum absolute atomic E-state index is 12.3. The van der Waals surface area contributed by atoms with Crippen LogP contribution < -0.4 is 5.32 Å². The molecule has 3 rings (SSSR count). The van der Waals surface area contributed by atoms with Gasteiger partial charge in [0.15, 0.2) is 12.1 Å². The zero-order chi connectivity index (χ0) is 14.9. The number of amides is 1. The first kappa shape index (κ1) is 13.9. The first-order valence-electron chi connectivity index (χ1n) is 7.29. The van der Waals surface area contributed by atoms with Crippen molar-refractivity contribution in [3.8, 4) is 0 Å². The summed E-state index contributed by atoms with van der Waals surface area (Å²) < 4.78 is 7.22. The molecular weight excluding hydrogens is 268 g/mol. The minimum atomic E-state index is -0.154. The van der Waals surface area contributed by atoms with Crippen molar-refractivity contribution >= 4 is 5.91 Å². The van der Waals surface area contributed by atoms with E-state index in [1.807, 2.05) is 30.8 Å². The van der Waals surface area contributed by atoms with Crippen molar-refractivity contribution in [2.24, 2.45) is 5.41 Å². The second-order valence-corrected chi connectivity index (χ2v) is 6.11. The van der Waals surface area contributed by atoms with Crippen LogP contribution >= 0.6 is 0 Å². The second-order valence-electron chi connectivity index (χ2n) is 6.11. The van der Waals surface area contributed by atoms with Crippen LogP contribution in [0.3, 0.4) is 0 Å². The predicted molar refractivity (Wildman–Crippen MR) is 76.8 cm³/mol. The lowest BCUT2D eigenvalue weighted by atomic mass is 10.1. The van der Waals surface area contributed by atoms with Gasteiger partial charge in [0, 0.05) is 36.8 Å². The first-order valence-corrected chi connectivity index (χ1v) is 7.29. The zero-order valence-electron chi connectivity index (χ0n) is 12.4. The summed E-state index contributed by atoms with van der Waals surface area (Å²) in [5, 5.41) is 7.23. The molecule has 1 aliphatic rings. The highest BCUT2D eigenvalue weighted by Gasteiger charge is 2.43. The van der Waals surface area contributed by atoms with Gasteiger partial charge in [-0.3, -0.25) is 9.48 Å². The molecule has 2 heterocycles. The molecule has 0 bridgehead atoms. The number of aromatic nitrogens is 3.